The van der Waals surface area contributed by atoms with Gasteiger partial charge in [0, 0.05) is 27.5 Å². The molecule has 0 saturated carbocycles. The molecule has 0 atom stereocenters. The minimum Gasteiger partial charge on any atom is -0.208 e. The molecule has 0 unspecified atom stereocenters. The molecule has 55 heavy (non-hydrogen) atoms. The fourth-order valence-electron chi connectivity index (χ4n) is 9.51. The molecule has 3 heteroatoms. The Bertz CT molecular complexity index is 2750. The summed E-state index contributed by atoms with van der Waals surface area (Å²) in [6.07, 6.45) is 0. The predicted octanol–water partition coefficient (Wildman–Crippen LogP) is 13.2. The van der Waals surface area contributed by atoms with Gasteiger partial charge in [0.05, 0.1) is 0 Å². The smallest absolute Gasteiger partial charge is 0.164 e. The third-order valence-corrected chi connectivity index (χ3v) is 13.0. The summed E-state index contributed by atoms with van der Waals surface area (Å²) in [5.74, 6) is 1.99. The van der Waals surface area contributed by atoms with Gasteiger partial charge in [-0.15, -0.1) is 0 Å². The number of benzene rings is 7. The first-order valence-electron chi connectivity index (χ1n) is 19.4. The minimum atomic E-state index is -0.201. The van der Waals surface area contributed by atoms with Crippen molar-refractivity contribution < 1.29 is 0 Å². The van der Waals surface area contributed by atoms with Crippen LogP contribution in [0.25, 0.3) is 78.3 Å². The molecule has 0 aliphatic heterocycles. The molecule has 3 nitrogen and oxygen atoms in total. The first-order chi connectivity index (χ1) is 26.6. The number of rotatable bonds is 4. The van der Waals surface area contributed by atoms with Crippen molar-refractivity contribution in [2.45, 2.75) is 57.8 Å². The number of hydrogen-bond donors (Lipinski definition) is 0. The Kier molecular flexibility index (Phi) is 7.23. The van der Waals surface area contributed by atoms with Crippen LogP contribution in [-0.2, 0) is 16.2 Å². The third kappa shape index (κ3) is 4.85. The maximum atomic E-state index is 4.96. The average molecular weight is 710 g/mol. The third-order valence-electron chi connectivity index (χ3n) is 13.0. The molecular weight excluding hydrogens is 667 g/mol. The fraction of sp³-hybridized carbons (Fsp3) is 0.173. The van der Waals surface area contributed by atoms with Crippen LogP contribution in [0.1, 0.15) is 63.8 Å². The second-order valence-electron chi connectivity index (χ2n) is 16.8. The van der Waals surface area contributed by atoms with Crippen molar-refractivity contribution in [2.24, 2.45) is 0 Å². The normalized spacial score (nSPS) is 15.5. The SMILES string of the molecule is CC1(C)c2cc(-c3ccc(-c4nc(-c5ccccc5)nc(-c5ccccc5)n4)cc3)ccc2-c2c3c(c4ccccc4c21)C(C)(C)C(C)(C)c1ccccc1-3. The lowest BCUT2D eigenvalue weighted by molar-refractivity contribution is 0.301. The summed E-state index contributed by atoms with van der Waals surface area (Å²) in [5.41, 5.74) is 16.2. The van der Waals surface area contributed by atoms with Gasteiger partial charge in [-0.25, -0.2) is 15.0 Å². The van der Waals surface area contributed by atoms with Crippen LogP contribution in [0.5, 0.6) is 0 Å². The lowest BCUT2D eigenvalue weighted by Crippen LogP contribution is -2.44. The van der Waals surface area contributed by atoms with Gasteiger partial charge in [-0.2, -0.15) is 0 Å². The van der Waals surface area contributed by atoms with Gasteiger partial charge in [0.15, 0.2) is 17.5 Å². The van der Waals surface area contributed by atoms with E-state index < -0.39 is 0 Å². The molecular formula is C52H43N3. The molecule has 0 amide bonds. The van der Waals surface area contributed by atoms with E-state index >= 15 is 0 Å². The van der Waals surface area contributed by atoms with Crippen molar-refractivity contribution in [2.75, 3.05) is 0 Å². The van der Waals surface area contributed by atoms with Crippen molar-refractivity contribution in [1.82, 2.24) is 15.0 Å². The highest BCUT2D eigenvalue weighted by atomic mass is 15.0. The highest BCUT2D eigenvalue weighted by Gasteiger charge is 2.50. The van der Waals surface area contributed by atoms with Gasteiger partial charge < -0.3 is 0 Å². The molecule has 7 aromatic carbocycles. The van der Waals surface area contributed by atoms with E-state index in [1.807, 2.05) is 60.7 Å². The van der Waals surface area contributed by atoms with Gasteiger partial charge in [-0.05, 0) is 77.9 Å². The molecule has 0 radical (unpaired) electrons. The van der Waals surface area contributed by atoms with Gasteiger partial charge in [-0.3, -0.25) is 0 Å². The van der Waals surface area contributed by atoms with Crippen LogP contribution in [0.2, 0.25) is 0 Å². The Hall–Kier alpha value is -6.19. The summed E-state index contributed by atoms with van der Waals surface area (Å²) >= 11 is 0. The molecule has 0 spiro atoms. The van der Waals surface area contributed by atoms with Crippen LogP contribution in [0.4, 0.5) is 0 Å². The molecule has 2 aliphatic rings. The number of hydrogen-bond acceptors (Lipinski definition) is 3. The van der Waals surface area contributed by atoms with E-state index in [-0.39, 0.29) is 16.2 Å². The molecule has 1 heterocycles. The van der Waals surface area contributed by atoms with E-state index in [2.05, 4.69) is 133 Å². The van der Waals surface area contributed by atoms with E-state index in [9.17, 15) is 0 Å². The van der Waals surface area contributed by atoms with Gasteiger partial charge >= 0.3 is 0 Å². The Morgan fingerprint density at radius 3 is 1.38 bits per heavy atom. The quantitative estimate of drug-likeness (QED) is 0.183. The second-order valence-corrected chi connectivity index (χ2v) is 16.8. The zero-order valence-electron chi connectivity index (χ0n) is 32.3. The largest absolute Gasteiger partial charge is 0.208 e. The Morgan fingerprint density at radius 2 is 0.782 bits per heavy atom. The molecule has 0 bridgehead atoms. The van der Waals surface area contributed by atoms with E-state index in [1.165, 1.54) is 66.4 Å². The van der Waals surface area contributed by atoms with Crippen molar-refractivity contribution in [3.63, 3.8) is 0 Å². The van der Waals surface area contributed by atoms with Crippen molar-refractivity contribution in [3.8, 4) is 67.5 Å². The van der Waals surface area contributed by atoms with Crippen molar-refractivity contribution in [3.05, 3.63) is 174 Å². The summed E-state index contributed by atoms with van der Waals surface area (Å²) < 4.78 is 0. The lowest BCUT2D eigenvalue weighted by Gasteiger charge is -2.49. The van der Waals surface area contributed by atoms with E-state index in [0.717, 1.165) is 16.7 Å². The van der Waals surface area contributed by atoms with Gasteiger partial charge in [0.25, 0.3) is 0 Å². The summed E-state index contributed by atoms with van der Waals surface area (Å²) in [5, 5.41) is 2.75. The van der Waals surface area contributed by atoms with Gasteiger partial charge in [0.1, 0.15) is 0 Å². The fourth-order valence-corrected chi connectivity index (χ4v) is 9.51. The molecule has 8 aromatic rings. The van der Waals surface area contributed by atoms with E-state index in [4.69, 9.17) is 15.0 Å². The zero-order valence-corrected chi connectivity index (χ0v) is 32.3. The molecule has 266 valence electrons. The van der Waals surface area contributed by atoms with Crippen LogP contribution >= 0.6 is 0 Å². The minimum absolute atomic E-state index is 0.0475. The van der Waals surface area contributed by atoms with Gasteiger partial charge in [0.2, 0.25) is 0 Å². The van der Waals surface area contributed by atoms with Gasteiger partial charge in [-0.1, -0.05) is 187 Å². The molecule has 10 rings (SSSR count). The predicted molar refractivity (Wildman–Crippen MR) is 228 cm³/mol. The van der Waals surface area contributed by atoms with Crippen LogP contribution in [0.3, 0.4) is 0 Å². The highest BCUT2D eigenvalue weighted by molar-refractivity contribution is 6.09. The standard InChI is InChI=1S/C52H43N3/c1-50(2)42-31-36(32-25-27-35(28-26-32)49-54-47(33-17-9-7-10-18-33)53-48(55-49)34-19-11-8-12-20-34)29-30-40(42)43-44-39-23-15-16-24-41(39)51(3,4)52(5,6)46(44)38-22-14-13-21-37(38)45(43)50/h7-31H,1-6H3. The topological polar surface area (TPSA) is 38.7 Å². The average Bonchev–Trinajstić information content (AvgIpc) is 3.46. The maximum Gasteiger partial charge on any atom is 0.164 e. The summed E-state index contributed by atoms with van der Waals surface area (Å²) in [6.45, 7) is 14.6. The Labute approximate surface area is 323 Å². The number of nitrogens with zero attached hydrogens (tertiary/aromatic N) is 3. The zero-order chi connectivity index (χ0) is 37.7. The first-order valence-corrected chi connectivity index (χ1v) is 19.4. The van der Waals surface area contributed by atoms with Crippen LogP contribution < -0.4 is 0 Å². The lowest BCUT2D eigenvalue weighted by atomic mass is 9.54. The molecule has 0 saturated heterocycles. The van der Waals surface area contributed by atoms with Crippen LogP contribution in [0, 0.1) is 0 Å². The van der Waals surface area contributed by atoms with E-state index in [1.54, 1.807) is 0 Å². The molecule has 0 fully saturated rings. The molecule has 0 N–H and O–H groups in total. The van der Waals surface area contributed by atoms with E-state index in [0.29, 0.717) is 17.5 Å². The summed E-state index contributed by atoms with van der Waals surface area (Å²) in [4.78, 5) is 14.8. The summed E-state index contributed by atoms with van der Waals surface area (Å²) in [7, 11) is 0. The Morgan fingerprint density at radius 1 is 0.345 bits per heavy atom. The Balaban J connectivity index is 1.11. The van der Waals surface area contributed by atoms with Crippen LogP contribution in [-0.4, -0.2) is 15.0 Å². The monoisotopic (exact) mass is 709 g/mol. The molecule has 2 aliphatic carbocycles. The number of aromatic nitrogens is 3. The van der Waals surface area contributed by atoms with Crippen molar-refractivity contribution >= 4 is 10.8 Å². The first kappa shape index (κ1) is 33.4. The van der Waals surface area contributed by atoms with Crippen LogP contribution in [0.15, 0.2) is 152 Å². The van der Waals surface area contributed by atoms with Crippen molar-refractivity contribution in [1.29, 1.82) is 0 Å². The second kappa shape index (κ2) is 11.9. The summed E-state index contributed by atoms with van der Waals surface area (Å²) in [6, 6.07) is 54.4. The highest BCUT2D eigenvalue weighted by Crippen LogP contribution is 2.63. The molecule has 1 aromatic heterocycles. The maximum absolute atomic E-state index is 4.96. The number of fused-ring (bicyclic) bond motifs is 10.